The first-order valence-electron chi connectivity index (χ1n) is 5.96. The Kier molecular flexibility index (Phi) is 2.43. The predicted molar refractivity (Wildman–Crippen MR) is 58.1 cm³/mol. The van der Waals surface area contributed by atoms with Crippen LogP contribution in [0.3, 0.4) is 0 Å². The van der Waals surface area contributed by atoms with Crippen molar-refractivity contribution in [3.8, 4) is 0 Å². The minimum Gasteiger partial charge on any atom is -0.310 e. The number of hydrogen-bond acceptors (Lipinski definition) is 1. The molecule has 1 unspecified atom stereocenters. The van der Waals surface area contributed by atoms with Gasteiger partial charge in [0.2, 0.25) is 0 Å². The number of rotatable bonds is 3. The Bertz CT molecular complexity index is 413. The number of hydrogen-bond donors (Lipinski definition) is 1. The van der Waals surface area contributed by atoms with Gasteiger partial charge < -0.3 is 5.32 Å². The summed E-state index contributed by atoms with van der Waals surface area (Å²) >= 11 is 0. The number of fused-ring (bicyclic) bond motifs is 1. The van der Waals surface area contributed by atoms with E-state index in [1.165, 1.54) is 25.0 Å². The molecule has 0 aliphatic heterocycles. The van der Waals surface area contributed by atoms with Crippen LogP contribution in [-0.4, -0.2) is 6.54 Å². The summed E-state index contributed by atoms with van der Waals surface area (Å²) in [5, 5.41) is 3.36. The highest BCUT2D eigenvalue weighted by Crippen LogP contribution is 2.36. The Labute approximate surface area is 93.9 Å². The van der Waals surface area contributed by atoms with Crippen LogP contribution in [0.15, 0.2) is 12.1 Å². The quantitative estimate of drug-likeness (QED) is 0.830. The molecule has 16 heavy (non-hydrogen) atoms. The van der Waals surface area contributed by atoms with Gasteiger partial charge in [0, 0.05) is 11.6 Å². The Hall–Kier alpha value is -0.960. The Balaban J connectivity index is 1.82. The molecule has 0 spiro atoms. The van der Waals surface area contributed by atoms with Crippen molar-refractivity contribution in [3.63, 3.8) is 0 Å². The second-order valence-electron chi connectivity index (χ2n) is 4.86. The lowest BCUT2D eigenvalue weighted by Crippen LogP contribution is -2.22. The van der Waals surface area contributed by atoms with Crippen molar-refractivity contribution in [1.29, 1.82) is 0 Å². The van der Waals surface area contributed by atoms with Crippen LogP contribution in [0.5, 0.6) is 0 Å². The molecule has 2 aliphatic rings. The van der Waals surface area contributed by atoms with Crippen molar-refractivity contribution >= 4 is 0 Å². The third kappa shape index (κ3) is 1.73. The van der Waals surface area contributed by atoms with Gasteiger partial charge in [-0.1, -0.05) is 0 Å². The molecule has 3 rings (SSSR count). The van der Waals surface area contributed by atoms with E-state index in [4.69, 9.17) is 0 Å². The van der Waals surface area contributed by atoms with Crippen LogP contribution >= 0.6 is 0 Å². The van der Waals surface area contributed by atoms with Gasteiger partial charge in [0.1, 0.15) is 11.6 Å². The van der Waals surface area contributed by atoms with Crippen molar-refractivity contribution < 1.29 is 8.78 Å². The fourth-order valence-corrected chi connectivity index (χ4v) is 2.51. The highest BCUT2D eigenvalue weighted by Gasteiger charge is 2.30. The molecule has 1 saturated carbocycles. The minimum absolute atomic E-state index is 0.0197. The molecular formula is C13H15F2N. The van der Waals surface area contributed by atoms with Crippen LogP contribution < -0.4 is 5.32 Å². The first-order chi connectivity index (χ1) is 7.75. The maximum absolute atomic E-state index is 13.7. The molecule has 0 radical (unpaired) electrons. The van der Waals surface area contributed by atoms with Crippen LogP contribution in [0.2, 0.25) is 0 Å². The van der Waals surface area contributed by atoms with Crippen molar-refractivity contribution in [2.24, 2.45) is 5.92 Å². The molecule has 3 heteroatoms. The summed E-state index contributed by atoms with van der Waals surface area (Å²) in [5.74, 6) is 0.245. The summed E-state index contributed by atoms with van der Waals surface area (Å²) in [6.45, 7) is 0.945. The summed E-state index contributed by atoms with van der Waals surface area (Å²) in [6.07, 6.45) is 4.03. The zero-order chi connectivity index (χ0) is 11.1. The van der Waals surface area contributed by atoms with Crippen LogP contribution in [-0.2, 0) is 6.42 Å². The molecule has 1 nitrogen and oxygen atoms in total. The molecule has 86 valence electrons. The van der Waals surface area contributed by atoms with E-state index >= 15 is 0 Å². The standard InChI is InChI=1S/C13H15F2N/c14-10-4-5-11(15)13-9(10)3-6-12(13)16-7-8-1-2-8/h4-5,8,12,16H,1-3,6-7H2. The smallest absolute Gasteiger partial charge is 0.128 e. The van der Waals surface area contributed by atoms with Gasteiger partial charge in [-0.15, -0.1) is 0 Å². The van der Waals surface area contributed by atoms with Crippen LogP contribution in [0.25, 0.3) is 0 Å². The van der Waals surface area contributed by atoms with E-state index < -0.39 is 0 Å². The van der Waals surface area contributed by atoms with Crippen LogP contribution in [0.4, 0.5) is 8.78 Å². The molecule has 0 saturated heterocycles. The first-order valence-corrected chi connectivity index (χ1v) is 5.96. The Morgan fingerprint density at radius 1 is 1.12 bits per heavy atom. The molecule has 1 aromatic rings. The van der Waals surface area contributed by atoms with Crippen LogP contribution in [0.1, 0.15) is 36.4 Å². The van der Waals surface area contributed by atoms with Gasteiger partial charge in [-0.25, -0.2) is 8.78 Å². The fraction of sp³-hybridized carbons (Fsp3) is 0.538. The molecule has 1 atom stereocenters. The SMILES string of the molecule is Fc1ccc(F)c2c1CCC2NCC1CC1. The predicted octanol–water partition coefficient (Wildman–Crippen LogP) is 2.95. The second kappa shape index (κ2) is 3.81. The third-order valence-corrected chi connectivity index (χ3v) is 3.63. The largest absolute Gasteiger partial charge is 0.310 e. The van der Waals surface area contributed by atoms with Gasteiger partial charge in [-0.2, -0.15) is 0 Å². The summed E-state index contributed by atoms with van der Waals surface area (Å²) < 4.78 is 27.1. The minimum atomic E-state index is -0.262. The van der Waals surface area contributed by atoms with Gasteiger partial charge in [0.05, 0.1) is 0 Å². The third-order valence-electron chi connectivity index (χ3n) is 3.63. The first kappa shape index (κ1) is 10.2. The van der Waals surface area contributed by atoms with Crippen molar-refractivity contribution in [2.45, 2.75) is 31.7 Å². The molecular weight excluding hydrogens is 208 g/mol. The van der Waals surface area contributed by atoms with Gasteiger partial charge in [0.25, 0.3) is 0 Å². The molecule has 1 N–H and O–H groups in total. The molecule has 2 aliphatic carbocycles. The maximum atomic E-state index is 13.7. The number of benzene rings is 1. The summed E-state index contributed by atoms with van der Waals surface area (Å²) in [7, 11) is 0. The zero-order valence-electron chi connectivity index (χ0n) is 9.10. The van der Waals surface area contributed by atoms with E-state index in [0.717, 1.165) is 18.9 Å². The van der Waals surface area contributed by atoms with E-state index in [2.05, 4.69) is 5.32 Å². The van der Waals surface area contributed by atoms with Crippen molar-refractivity contribution in [2.75, 3.05) is 6.54 Å². The molecule has 1 fully saturated rings. The topological polar surface area (TPSA) is 12.0 Å². The van der Waals surface area contributed by atoms with Gasteiger partial charge in [0.15, 0.2) is 0 Å². The summed E-state index contributed by atoms with van der Waals surface area (Å²) in [5.41, 5.74) is 1.15. The second-order valence-corrected chi connectivity index (χ2v) is 4.86. The molecule has 0 heterocycles. The monoisotopic (exact) mass is 223 g/mol. The van der Waals surface area contributed by atoms with Crippen molar-refractivity contribution in [3.05, 3.63) is 34.9 Å². The van der Waals surface area contributed by atoms with E-state index in [1.54, 1.807) is 0 Å². The lowest BCUT2D eigenvalue weighted by molar-refractivity contribution is 0.490. The van der Waals surface area contributed by atoms with Gasteiger partial charge >= 0.3 is 0 Å². The lowest BCUT2D eigenvalue weighted by atomic mass is 10.1. The average molecular weight is 223 g/mol. The zero-order valence-corrected chi connectivity index (χ0v) is 9.10. The van der Waals surface area contributed by atoms with E-state index in [1.807, 2.05) is 0 Å². The number of halogens is 2. The maximum Gasteiger partial charge on any atom is 0.128 e. The molecule has 1 aromatic carbocycles. The molecule has 0 aromatic heterocycles. The van der Waals surface area contributed by atoms with E-state index in [9.17, 15) is 8.78 Å². The summed E-state index contributed by atoms with van der Waals surface area (Å²) in [6, 6.07) is 2.49. The van der Waals surface area contributed by atoms with E-state index in [-0.39, 0.29) is 17.7 Å². The Morgan fingerprint density at radius 3 is 2.62 bits per heavy atom. The normalized spacial score (nSPS) is 23.5. The Morgan fingerprint density at radius 2 is 1.88 bits per heavy atom. The molecule has 0 amide bonds. The van der Waals surface area contributed by atoms with Gasteiger partial charge in [-0.3, -0.25) is 0 Å². The lowest BCUT2D eigenvalue weighted by Gasteiger charge is -2.14. The van der Waals surface area contributed by atoms with Gasteiger partial charge in [-0.05, 0) is 55.8 Å². The summed E-state index contributed by atoms with van der Waals surface area (Å²) in [4.78, 5) is 0. The molecule has 0 bridgehead atoms. The highest BCUT2D eigenvalue weighted by molar-refractivity contribution is 5.36. The number of nitrogens with one attached hydrogen (secondary N) is 1. The average Bonchev–Trinajstić information content (AvgIpc) is 3.00. The fourth-order valence-electron chi connectivity index (χ4n) is 2.51. The van der Waals surface area contributed by atoms with E-state index in [0.29, 0.717) is 17.5 Å². The van der Waals surface area contributed by atoms with Crippen LogP contribution in [0, 0.1) is 17.6 Å². The van der Waals surface area contributed by atoms with Crippen molar-refractivity contribution in [1.82, 2.24) is 5.32 Å². The highest BCUT2D eigenvalue weighted by atomic mass is 19.1.